The van der Waals surface area contributed by atoms with Crippen molar-refractivity contribution < 1.29 is 33.3 Å². The fourth-order valence-corrected chi connectivity index (χ4v) is 7.64. The van der Waals surface area contributed by atoms with Crippen LogP contribution in [0, 0.1) is 11.8 Å². The number of benzene rings is 5. The zero-order chi connectivity index (χ0) is 41.2. The molecule has 0 unspecified atom stereocenters. The highest BCUT2D eigenvalue weighted by molar-refractivity contribution is 6.20. The molecule has 0 saturated carbocycles. The van der Waals surface area contributed by atoms with E-state index in [0.717, 1.165) is 51.4 Å². The third-order valence-corrected chi connectivity index (χ3v) is 11.9. The van der Waals surface area contributed by atoms with E-state index in [1.54, 1.807) is 18.2 Å². The number of esters is 2. The molecule has 0 aliphatic carbocycles. The van der Waals surface area contributed by atoms with Crippen molar-refractivity contribution >= 4 is 51.9 Å². The molecular formula is C48H49ClN2O7. The summed E-state index contributed by atoms with van der Waals surface area (Å²) < 4.78 is 29.9. The summed E-state index contributed by atoms with van der Waals surface area (Å²) in [5.41, 5.74) is 3.74. The van der Waals surface area contributed by atoms with E-state index in [1.807, 2.05) is 86.9 Å². The summed E-state index contributed by atoms with van der Waals surface area (Å²) >= 11 is 6.59. The fraction of sp³-hybridized carbons (Fsp3) is 0.312. The van der Waals surface area contributed by atoms with Gasteiger partial charge in [0, 0.05) is 30.1 Å². The summed E-state index contributed by atoms with van der Waals surface area (Å²) in [6, 6.07) is 30.6. The number of ether oxygens (including phenoxy) is 5. The topological polar surface area (TPSA) is 95.9 Å². The summed E-state index contributed by atoms with van der Waals surface area (Å²) in [6.07, 6.45) is 4.03. The number of anilines is 1. The van der Waals surface area contributed by atoms with Crippen LogP contribution in [0.1, 0.15) is 57.0 Å². The average molecular weight is 801 g/mol. The lowest BCUT2D eigenvalue weighted by molar-refractivity contribution is -0.139. The highest BCUT2D eigenvalue weighted by Crippen LogP contribution is 2.55. The van der Waals surface area contributed by atoms with Gasteiger partial charge in [0.2, 0.25) is 5.72 Å². The van der Waals surface area contributed by atoms with Gasteiger partial charge in [-0.3, -0.25) is 4.99 Å². The summed E-state index contributed by atoms with van der Waals surface area (Å²) in [4.78, 5) is 31.8. The van der Waals surface area contributed by atoms with E-state index in [0.29, 0.717) is 47.6 Å². The Morgan fingerprint density at radius 2 is 1.52 bits per heavy atom. The average Bonchev–Trinajstić information content (AvgIpc) is 3.40. The number of carbonyl (C=O) groups is 2. The molecule has 0 N–H and O–H groups in total. The third kappa shape index (κ3) is 7.88. The Labute approximate surface area is 345 Å². The minimum absolute atomic E-state index is 0.0253. The van der Waals surface area contributed by atoms with Crippen molar-refractivity contribution in [2.45, 2.75) is 57.6 Å². The van der Waals surface area contributed by atoms with Gasteiger partial charge in [-0.1, -0.05) is 70.2 Å². The van der Waals surface area contributed by atoms with Crippen LogP contribution in [0.2, 0.25) is 0 Å². The minimum Gasteiger partial charge on any atom is -0.493 e. The SMILES string of the molecule is C=CC(=O)OC[C@H](C)COc1ccc(-c2ccc(C(=O)Oc3ccc4ccc5c(c4c3)N=C[C@@]3(O5)N(C)c4ccc(OC[C@@H](Cl)[C@@H](C)CC)cc4C3(C)C)cc2)cc1. The normalized spacial score (nSPS) is 17.7. The molecule has 2 heterocycles. The van der Waals surface area contributed by atoms with Crippen LogP contribution in [0.5, 0.6) is 23.0 Å². The molecule has 9 nitrogen and oxygen atoms in total. The van der Waals surface area contributed by atoms with Crippen LogP contribution >= 0.6 is 11.6 Å². The second kappa shape index (κ2) is 16.6. The molecule has 5 aromatic rings. The molecule has 0 aromatic heterocycles. The first-order valence-corrected chi connectivity index (χ1v) is 20.1. The monoisotopic (exact) mass is 800 g/mol. The first-order valence-electron chi connectivity index (χ1n) is 19.6. The number of alkyl halides is 1. The molecule has 7 rings (SSSR count). The summed E-state index contributed by atoms with van der Waals surface area (Å²) in [5.74, 6) is 1.98. The van der Waals surface area contributed by atoms with Gasteiger partial charge in [-0.05, 0) is 103 Å². The van der Waals surface area contributed by atoms with E-state index in [-0.39, 0.29) is 17.9 Å². The summed E-state index contributed by atoms with van der Waals surface area (Å²) in [5, 5.41) is 1.68. The van der Waals surface area contributed by atoms with E-state index < -0.39 is 23.1 Å². The van der Waals surface area contributed by atoms with Crippen LogP contribution in [0.3, 0.4) is 0 Å². The number of likely N-dealkylation sites (N-methyl/N-ethyl adjacent to an activating group) is 1. The first kappa shape index (κ1) is 40.4. The van der Waals surface area contributed by atoms with Crippen molar-refractivity contribution in [3.05, 3.63) is 121 Å². The van der Waals surface area contributed by atoms with Crippen molar-refractivity contribution in [2.24, 2.45) is 16.8 Å². The van der Waals surface area contributed by atoms with Crippen molar-refractivity contribution in [3.8, 4) is 34.1 Å². The van der Waals surface area contributed by atoms with E-state index in [9.17, 15) is 9.59 Å². The second-order valence-corrected chi connectivity index (χ2v) is 16.2. The maximum absolute atomic E-state index is 13.3. The molecule has 0 radical (unpaired) electrons. The molecule has 2 aliphatic rings. The van der Waals surface area contributed by atoms with Gasteiger partial charge in [0.25, 0.3) is 0 Å². The zero-order valence-electron chi connectivity index (χ0n) is 33.8. The van der Waals surface area contributed by atoms with Crippen molar-refractivity contribution in [2.75, 3.05) is 31.8 Å². The van der Waals surface area contributed by atoms with Crippen LogP contribution < -0.4 is 23.8 Å². The first-order chi connectivity index (χ1) is 27.8. The van der Waals surface area contributed by atoms with Crippen LogP contribution in [0.25, 0.3) is 21.9 Å². The Morgan fingerprint density at radius 1 is 0.862 bits per heavy atom. The largest absolute Gasteiger partial charge is 0.493 e. The predicted octanol–water partition coefficient (Wildman–Crippen LogP) is 10.7. The number of nitrogens with zero attached hydrogens (tertiary/aromatic N) is 2. The predicted molar refractivity (Wildman–Crippen MR) is 231 cm³/mol. The quantitative estimate of drug-likeness (QED) is 0.0474. The molecule has 0 amide bonds. The van der Waals surface area contributed by atoms with Gasteiger partial charge in [0.1, 0.15) is 35.3 Å². The maximum Gasteiger partial charge on any atom is 0.343 e. The Kier molecular flexibility index (Phi) is 11.6. The highest BCUT2D eigenvalue weighted by atomic mass is 35.5. The molecule has 10 heteroatoms. The standard InChI is InChI=1S/C48H49ClN2O7/c1-8-31(4)41(49)28-55-37-21-22-42-40(25-37)47(5,6)48(51(42)7)29-50-45-39-24-38(20-16-34(39)17-23-43(45)58-48)57-46(53)35-12-10-32(11-13-35)33-14-18-36(19-15-33)54-26-30(3)27-56-44(52)9-2/h9-25,29-31,41H,2,8,26-28H2,1,3-7H3/t30-,31+,41-,48+/m1/s1. The third-order valence-electron chi connectivity index (χ3n) is 11.4. The molecule has 58 heavy (non-hydrogen) atoms. The molecular weight excluding hydrogens is 752 g/mol. The lowest BCUT2D eigenvalue weighted by Crippen LogP contribution is -2.61. The smallest absolute Gasteiger partial charge is 0.343 e. The van der Waals surface area contributed by atoms with E-state index >= 15 is 0 Å². The second-order valence-electron chi connectivity index (χ2n) is 15.7. The molecule has 4 atom stereocenters. The van der Waals surface area contributed by atoms with Crippen LogP contribution in [0.4, 0.5) is 11.4 Å². The molecule has 1 spiro atoms. The Hall–Kier alpha value is -5.80. The lowest BCUT2D eigenvalue weighted by Gasteiger charge is -2.45. The van der Waals surface area contributed by atoms with Gasteiger partial charge in [0.05, 0.1) is 35.8 Å². The van der Waals surface area contributed by atoms with Crippen LogP contribution in [-0.2, 0) is 14.9 Å². The number of halogens is 1. The van der Waals surface area contributed by atoms with Gasteiger partial charge >= 0.3 is 11.9 Å². The Balaban J connectivity index is 1.02. The van der Waals surface area contributed by atoms with Gasteiger partial charge < -0.3 is 28.6 Å². The van der Waals surface area contributed by atoms with Crippen LogP contribution in [0.15, 0.2) is 115 Å². The highest BCUT2D eigenvalue weighted by Gasteiger charge is 2.58. The molecule has 5 aromatic carbocycles. The summed E-state index contributed by atoms with van der Waals surface area (Å²) in [7, 11) is 2.03. The number of hydrogen-bond acceptors (Lipinski definition) is 9. The number of fused-ring (bicyclic) bond motifs is 4. The number of aliphatic imine (C=N–C) groups is 1. The molecule has 0 saturated heterocycles. The fourth-order valence-electron chi connectivity index (χ4n) is 7.40. The summed E-state index contributed by atoms with van der Waals surface area (Å²) in [6.45, 7) is 15.0. The number of rotatable bonds is 14. The molecule has 0 bridgehead atoms. The van der Waals surface area contributed by atoms with E-state index in [4.69, 9.17) is 40.3 Å². The van der Waals surface area contributed by atoms with Crippen LogP contribution in [-0.4, -0.2) is 56.1 Å². The molecule has 0 fully saturated rings. The van der Waals surface area contributed by atoms with Gasteiger partial charge in [-0.25, -0.2) is 9.59 Å². The maximum atomic E-state index is 13.3. The van der Waals surface area contributed by atoms with E-state index in [1.165, 1.54) is 0 Å². The van der Waals surface area contributed by atoms with Gasteiger partial charge in [0.15, 0.2) is 0 Å². The van der Waals surface area contributed by atoms with Gasteiger partial charge in [-0.15, -0.1) is 11.6 Å². The molecule has 300 valence electrons. The van der Waals surface area contributed by atoms with Gasteiger partial charge in [-0.2, -0.15) is 0 Å². The lowest BCUT2D eigenvalue weighted by atomic mass is 9.77. The van der Waals surface area contributed by atoms with Crippen molar-refractivity contribution in [3.63, 3.8) is 0 Å². The van der Waals surface area contributed by atoms with Crippen molar-refractivity contribution in [1.82, 2.24) is 0 Å². The Bertz CT molecular complexity index is 2360. The Morgan fingerprint density at radius 3 is 2.22 bits per heavy atom. The number of carbonyl (C=O) groups excluding carboxylic acids is 2. The number of hydrogen-bond donors (Lipinski definition) is 0. The molecule has 2 aliphatic heterocycles. The van der Waals surface area contributed by atoms with Crippen molar-refractivity contribution in [1.29, 1.82) is 0 Å². The minimum atomic E-state index is -0.893. The van der Waals surface area contributed by atoms with E-state index in [2.05, 4.69) is 51.3 Å². The zero-order valence-corrected chi connectivity index (χ0v) is 34.5.